The average molecular weight is 303 g/mol. The van der Waals surface area contributed by atoms with E-state index in [-0.39, 0.29) is 18.6 Å². The zero-order chi connectivity index (χ0) is 16.3. The molecule has 0 saturated carbocycles. The van der Waals surface area contributed by atoms with Crippen molar-refractivity contribution in [1.29, 1.82) is 0 Å². The molecule has 8 nitrogen and oxygen atoms in total. The standard InChI is InChI=1S/C14H17N5O3/c1-8-4-11(5-9(2)13(8)17-18-15)19-7-12(22-14(19)21)6-16-10(3)20/h4-5,12H,6-7H2,1-3H3,(H,16,20)/t12-/m0/s1. The molecule has 8 heteroatoms. The Kier molecular flexibility index (Phi) is 4.53. The quantitative estimate of drug-likeness (QED) is 0.524. The van der Waals surface area contributed by atoms with Gasteiger partial charge in [-0.3, -0.25) is 9.69 Å². The van der Waals surface area contributed by atoms with E-state index >= 15 is 0 Å². The number of cyclic esters (lactones) is 1. The van der Waals surface area contributed by atoms with E-state index < -0.39 is 6.09 Å². The lowest BCUT2D eigenvalue weighted by atomic mass is 10.1. The van der Waals surface area contributed by atoms with Crippen molar-refractivity contribution in [1.82, 2.24) is 5.32 Å². The maximum Gasteiger partial charge on any atom is 0.414 e. The van der Waals surface area contributed by atoms with E-state index in [0.29, 0.717) is 17.9 Å². The molecule has 1 heterocycles. The van der Waals surface area contributed by atoms with Crippen LogP contribution in [0.25, 0.3) is 10.4 Å². The summed E-state index contributed by atoms with van der Waals surface area (Å²) in [5.41, 5.74) is 11.4. The van der Waals surface area contributed by atoms with Crippen molar-refractivity contribution in [3.8, 4) is 0 Å². The van der Waals surface area contributed by atoms with Gasteiger partial charge in [-0.15, -0.1) is 0 Å². The predicted molar refractivity (Wildman–Crippen MR) is 81.0 cm³/mol. The number of hydrogen-bond acceptors (Lipinski definition) is 4. The molecule has 1 atom stereocenters. The fourth-order valence-corrected chi connectivity index (χ4v) is 2.39. The summed E-state index contributed by atoms with van der Waals surface area (Å²) in [5, 5.41) is 6.29. The minimum absolute atomic E-state index is 0.167. The molecular formula is C14H17N5O3. The van der Waals surface area contributed by atoms with E-state index in [9.17, 15) is 9.59 Å². The molecule has 2 amide bonds. The van der Waals surface area contributed by atoms with Crippen LogP contribution >= 0.6 is 0 Å². The van der Waals surface area contributed by atoms with E-state index in [1.54, 1.807) is 12.1 Å². The first-order valence-corrected chi connectivity index (χ1v) is 6.81. The van der Waals surface area contributed by atoms with Gasteiger partial charge >= 0.3 is 6.09 Å². The van der Waals surface area contributed by atoms with Crippen LogP contribution in [0.2, 0.25) is 0 Å². The largest absolute Gasteiger partial charge is 0.442 e. The summed E-state index contributed by atoms with van der Waals surface area (Å²) in [5.74, 6) is -0.167. The number of anilines is 1. The Morgan fingerprint density at radius 1 is 1.50 bits per heavy atom. The Morgan fingerprint density at radius 3 is 2.68 bits per heavy atom. The van der Waals surface area contributed by atoms with Crippen LogP contribution in [-0.4, -0.2) is 31.2 Å². The van der Waals surface area contributed by atoms with Crippen molar-refractivity contribution in [2.75, 3.05) is 18.0 Å². The van der Waals surface area contributed by atoms with Gasteiger partial charge in [0.1, 0.15) is 6.10 Å². The lowest BCUT2D eigenvalue weighted by Gasteiger charge is -2.16. The Hall–Kier alpha value is -2.73. The van der Waals surface area contributed by atoms with Crippen LogP contribution < -0.4 is 10.2 Å². The van der Waals surface area contributed by atoms with Crippen molar-refractivity contribution >= 4 is 23.4 Å². The topological polar surface area (TPSA) is 107 Å². The second-order valence-corrected chi connectivity index (χ2v) is 5.17. The van der Waals surface area contributed by atoms with Crippen LogP contribution in [0.1, 0.15) is 18.1 Å². The molecule has 1 aromatic carbocycles. The van der Waals surface area contributed by atoms with E-state index in [4.69, 9.17) is 10.3 Å². The van der Waals surface area contributed by atoms with E-state index in [2.05, 4.69) is 15.3 Å². The molecule has 1 aromatic rings. The SMILES string of the molecule is CC(=O)NC[C@H]1CN(c2cc(C)c(N=[N+]=[N-])c(C)c2)C(=O)O1. The number of nitrogens with zero attached hydrogens (tertiary/aromatic N) is 4. The summed E-state index contributed by atoms with van der Waals surface area (Å²) in [6.45, 7) is 5.69. The Balaban J connectivity index is 2.20. The van der Waals surface area contributed by atoms with Gasteiger partial charge < -0.3 is 10.1 Å². The predicted octanol–water partition coefficient (Wildman–Crippen LogP) is 2.71. The first-order chi connectivity index (χ1) is 10.4. The van der Waals surface area contributed by atoms with Crippen molar-refractivity contribution in [2.45, 2.75) is 26.9 Å². The molecule has 1 fully saturated rings. The molecule has 0 radical (unpaired) electrons. The first kappa shape index (κ1) is 15.7. The highest BCUT2D eigenvalue weighted by atomic mass is 16.6. The molecule has 0 bridgehead atoms. The van der Waals surface area contributed by atoms with Crippen LogP contribution in [0.15, 0.2) is 17.2 Å². The third kappa shape index (κ3) is 3.29. The van der Waals surface area contributed by atoms with Gasteiger partial charge in [-0.05, 0) is 42.6 Å². The third-order valence-corrected chi connectivity index (χ3v) is 3.38. The Morgan fingerprint density at radius 2 is 2.14 bits per heavy atom. The number of benzene rings is 1. The number of azide groups is 1. The van der Waals surface area contributed by atoms with Crippen molar-refractivity contribution in [3.05, 3.63) is 33.7 Å². The number of amides is 2. The van der Waals surface area contributed by atoms with Crippen LogP contribution in [0.3, 0.4) is 0 Å². The van der Waals surface area contributed by atoms with Gasteiger partial charge in [0.25, 0.3) is 0 Å². The first-order valence-electron chi connectivity index (χ1n) is 6.81. The summed E-state index contributed by atoms with van der Waals surface area (Å²) in [7, 11) is 0. The molecule has 1 saturated heterocycles. The van der Waals surface area contributed by atoms with Gasteiger partial charge in [-0.25, -0.2) is 4.79 Å². The van der Waals surface area contributed by atoms with Crippen LogP contribution in [-0.2, 0) is 9.53 Å². The Labute approximate surface area is 127 Å². The second kappa shape index (κ2) is 6.36. The number of rotatable bonds is 4. The molecule has 22 heavy (non-hydrogen) atoms. The molecule has 1 N–H and O–H groups in total. The number of ether oxygens (including phenoxy) is 1. The van der Waals surface area contributed by atoms with E-state index in [0.717, 1.165) is 11.1 Å². The van der Waals surface area contributed by atoms with Gasteiger partial charge in [0.05, 0.1) is 13.1 Å². The van der Waals surface area contributed by atoms with Gasteiger partial charge in [0.15, 0.2) is 0 Å². The number of carbonyl (C=O) groups is 2. The summed E-state index contributed by atoms with van der Waals surface area (Å²) >= 11 is 0. The molecule has 1 aliphatic heterocycles. The maximum atomic E-state index is 12.0. The van der Waals surface area contributed by atoms with Gasteiger partial charge in [0, 0.05) is 23.2 Å². The monoisotopic (exact) mass is 303 g/mol. The zero-order valence-electron chi connectivity index (χ0n) is 12.7. The minimum Gasteiger partial charge on any atom is -0.442 e. The number of nitrogens with one attached hydrogen (secondary N) is 1. The molecule has 2 rings (SSSR count). The normalized spacial score (nSPS) is 17.0. The van der Waals surface area contributed by atoms with Gasteiger partial charge in [-0.2, -0.15) is 0 Å². The molecule has 0 aromatic heterocycles. The molecule has 1 aliphatic rings. The maximum absolute atomic E-state index is 12.0. The van der Waals surface area contributed by atoms with E-state index in [1.165, 1.54) is 11.8 Å². The van der Waals surface area contributed by atoms with Gasteiger partial charge in [0.2, 0.25) is 5.91 Å². The third-order valence-electron chi connectivity index (χ3n) is 3.38. The lowest BCUT2D eigenvalue weighted by molar-refractivity contribution is -0.119. The molecular weight excluding hydrogens is 286 g/mol. The summed E-state index contributed by atoms with van der Waals surface area (Å²) in [4.78, 5) is 27.2. The fourth-order valence-electron chi connectivity index (χ4n) is 2.39. The average Bonchev–Trinajstić information content (AvgIpc) is 2.81. The van der Waals surface area contributed by atoms with Gasteiger partial charge in [-0.1, -0.05) is 5.11 Å². The molecule has 116 valence electrons. The van der Waals surface area contributed by atoms with Crippen LogP contribution in [0.5, 0.6) is 0 Å². The Bertz CT molecular complexity index is 643. The van der Waals surface area contributed by atoms with Crippen LogP contribution in [0.4, 0.5) is 16.2 Å². The smallest absolute Gasteiger partial charge is 0.414 e. The highest BCUT2D eigenvalue weighted by molar-refractivity contribution is 5.90. The zero-order valence-corrected chi connectivity index (χ0v) is 12.7. The number of aryl methyl sites for hydroxylation is 2. The number of carbonyl (C=O) groups excluding carboxylic acids is 2. The summed E-state index contributed by atoms with van der Waals surface area (Å²) in [6.07, 6.45) is -0.834. The highest BCUT2D eigenvalue weighted by Crippen LogP contribution is 2.31. The van der Waals surface area contributed by atoms with E-state index in [1.807, 2.05) is 13.8 Å². The molecule has 0 unspecified atom stereocenters. The number of hydrogen-bond donors (Lipinski definition) is 1. The minimum atomic E-state index is -0.453. The highest BCUT2D eigenvalue weighted by Gasteiger charge is 2.32. The summed E-state index contributed by atoms with van der Waals surface area (Å²) < 4.78 is 5.23. The lowest BCUT2D eigenvalue weighted by Crippen LogP contribution is -2.33. The van der Waals surface area contributed by atoms with Crippen LogP contribution in [0, 0.1) is 13.8 Å². The molecule has 0 spiro atoms. The van der Waals surface area contributed by atoms with Crippen molar-refractivity contribution in [3.63, 3.8) is 0 Å². The van der Waals surface area contributed by atoms with Crippen molar-refractivity contribution < 1.29 is 14.3 Å². The molecule has 0 aliphatic carbocycles. The summed E-state index contributed by atoms with van der Waals surface area (Å²) in [6, 6.07) is 3.55. The second-order valence-electron chi connectivity index (χ2n) is 5.17. The fraction of sp³-hybridized carbons (Fsp3) is 0.429. The van der Waals surface area contributed by atoms with Crippen molar-refractivity contribution in [2.24, 2.45) is 5.11 Å².